The first kappa shape index (κ1) is 11.7. The molecule has 1 N–H and O–H groups in total. The fraction of sp³-hybridized carbons (Fsp3) is 0.778. The average Bonchev–Trinajstić information content (AvgIpc) is 2.49. The van der Waals surface area contributed by atoms with E-state index in [4.69, 9.17) is 11.6 Å². The fourth-order valence-corrected chi connectivity index (χ4v) is 2.18. The van der Waals surface area contributed by atoms with Gasteiger partial charge < -0.3 is 5.32 Å². The van der Waals surface area contributed by atoms with Crippen molar-refractivity contribution in [2.24, 2.45) is 5.41 Å². The second-order valence-electron chi connectivity index (χ2n) is 4.49. The maximum absolute atomic E-state index is 6.18. The number of aromatic nitrogens is 2. The van der Waals surface area contributed by atoms with Crippen LogP contribution in [0.15, 0.2) is 5.51 Å². The van der Waals surface area contributed by atoms with Gasteiger partial charge in [-0.3, -0.25) is 0 Å². The Morgan fingerprint density at radius 3 is 2.79 bits per heavy atom. The highest BCUT2D eigenvalue weighted by molar-refractivity contribution is 7.13. The molecule has 0 saturated carbocycles. The van der Waals surface area contributed by atoms with E-state index >= 15 is 0 Å². The zero-order valence-electron chi connectivity index (χ0n) is 8.75. The molecule has 1 heterocycles. The first-order chi connectivity index (χ1) is 6.47. The van der Waals surface area contributed by atoms with Crippen molar-refractivity contribution < 1.29 is 0 Å². The average molecular weight is 234 g/mol. The van der Waals surface area contributed by atoms with Gasteiger partial charge in [0.15, 0.2) is 0 Å². The Kier molecular flexibility index (Phi) is 4.13. The summed E-state index contributed by atoms with van der Waals surface area (Å²) in [5.74, 6) is 0. The molecule has 0 spiro atoms. The Hall–Kier alpha value is -0.350. The molecule has 1 aromatic rings. The van der Waals surface area contributed by atoms with Crippen molar-refractivity contribution in [2.45, 2.75) is 32.6 Å². The molecule has 0 bridgehead atoms. The summed E-state index contributed by atoms with van der Waals surface area (Å²) in [6, 6.07) is 0. The summed E-state index contributed by atoms with van der Waals surface area (Å²) < 4.78 is 0. The molecule has 14 heavy (non-hydrogen) atoms. The number of nitrogens with one attached hydrogen (secondary N) is 1. The minimum absolute atomic E-state index is 0.138. The lowest BCUT2D eigenvalue weighted by molar-refractivity contribution is 0.373. The highest BCUT2D eigenvalue weighted by Crippen LogP contribution is 2.23. The highest BCUT2D eigenvalue weighted by atomic mass is 35.5. The number of anilines is 1. The molecular formula is C9H16ClN3S. The SMILES string of the molecule is CC(C)(C)CC(Cl)CNc1nncs1. The van der Waals surface area contributed by atoms with E-state index in [1.807, 2.05) is 0 Å². The van der Waals surface area contributed by atoms with Crippen molar-refractivity contribution in [3.8, 4) is 0 Å². The Labute approximate surface area is 93.9 Å². The van der Waals surface area contributed by atoms with Crippen molar-refractivity contribution >= 4 is 28.1 Å². The first-order valence-electron chi connectivity index (χ1n) is 4.61. The normalized spacial score (nSPS) is 14.0. The van der Waals surface area contributed by atoms with Crippen LogP contribution in [0.4, 0.5) is 5.13 Å². The Morgan fingerprint density at radius 2 is 2.29 bits per heavy atom. The van der Waals surface area contributed by atoms with E-state index in [0.717, 1.165) is 18.1 Å². The quantitative estimate of drug-likeness (QED) is 0.813. The van der Waals surface area contributed by atoms with Gasteiger partial charge in [-0.2, -0.15) is 0 Å². The molecule has 1 atom stereocenters. The van der Waals surface area contributed by atoms with Crippen molar-refractivity contribution in [2.75, 3.05) is 11.9 Å². The zero-order valence-corrected chi connectivity index (χ0v) is 10.3. The van der Waals surface area contributed by atoms with Crippen LogP contribution in [-0.4, -0.2) is 22.1 Å². The third-order valence-electron chi connectivity index (χ3n) is 1.67. The molecule has 0 radical (unpaired) electrons. The minimum Gasteiger partial charge on any atom is -0.359 e. The van der Waals surface area contributed by atoms with Gasteiger partial charge in [0.1, 0.15) is 5.51 Å². The zero-order chi connectivity index (χ0) is 10.6. The summed E-state index contributed by atoms with van der Waals surface area (Å²) >= 11 is 7.67. The van der Waals surface area contributed by atoms with Gasteiger partial charge in [-0.1, -0.05) is 32.1 Å². The van der Waals surface area contributed by atoms with Crippen LogP contribution in [0.5, 0.6) is 0 Å². The van der Waals surface area contributed by atoms with E-state index in [1.165, 1.54) is 11.3 Å². The van der Waals surface area contributed by atoms with E-state index in [-0.39, 0.29) is 10.8 Å². The molecular weight excluding hydrogens is 218 g/mol. The first-order valence-corrected chi connectivity index (χ1v) is 5.93. The Bertz CT molecular complexity index is 256. The topological polar surface area (TPSA) is 37.8 Å². The second kappa shape index (κ2) is 4.94. The van der Waals surface area contributed by atoms with Crippen LogP contribution in [0, 0.1) is 5.41 Å². The van der Waals surface area contributed by atoms with Gasteiger partial charge in [-0.05, 0) is 11.8 Å². The number of alkyl halides is 1. The third kappa shape index (κ3) is 4.77. The molecule has 0 aliphatic carbocycles. The summed E-state index contributed by atoms with van der Waals surface area (Å²) in [5.41, 5.74) is 1.98. The smallest absolute Gasteiger partial charge is 0.205 e. The summed E-state index contributed by atoms with van der Waals surface area (Å²) in [5, 5.41) is 11.8. The minimum atomic E-state index is 0.138. The molecule has 0 aliphatic rings. The predicted octanol–water partition coefficient (Wildman–Crippen LogP) is 2.99. The predicted molar refractivity (Wildman–Crippen MR) is 62.1 cm³/mol. The van der Waals surface area contributed by atoms with Crippen LogP contribution >= 0.6 is 22.9 Å². The van der Waals surface area contributed by atoms with E-state index in [0.29, 0.717) is 0 Å². The lowest BCUT2D eigenvalue weighted by Gasteiger charge is -2.21. The number of hydrogen-bond acceptors (Lipinski definition) is 4. The molecule has 1 aromatic heterocycles. The number of halogens is 1. The Balaban J connectivity index is 2.25. The maximum Gasteiger partial charge on any atom is 0.205 e. The van der Waals surface area contributed by atoms with Gasteiger partial charge in [0.05, 0.1) is 5.38 Å². The molecule has 1 unspecified atom stereocenters. The van der Waals surface area contributed by atoms with Crippen LogP contribution in [0.3, 0.4) is 0 Å². The molecule has 3 nitrogen and oxygen atoms in total. The maximum atomic E-state index is 6.18. The number of hydrogen-bond donors (Lipinski definition) is 1. The Morgan fingerprint density at radius 1 is 1.57 bits per heavy atom. The standard InChI is InChI=1S/C9H16ClN3S/c1-9(2,3)4-7(10)5-11-8-13-12-6-14-8/h6-7H,4-5H2,1-3H3,(H,11,13). The van der Waals surface area contributed by atoms with E-state index in [2.05, 4.69) is 36.3 Å². The molecule has 0 fully saturated rings. The van der Waals surface area contributed by atoms with Gasteiger partial charge in [0, 0.05) is 6.54 Å². The summed E-state index contributed by atoms with van der Waals surface area (Å²) in [4.78, 5) is 0. The number of nitrogens with zero attached hydrogens (tertiary/aromatic N) is 2. The molecule has 80 valence electrons. The number of rotatable bonds is 4. The van der Waals surface area contributed by atoms with Crippen molar-refractivity contribution in [3.05, 3.63) is 5.51 Å². The van der Waals surface area contributed by atoms with Crippen LogP contribution < -0.4 is 5.32 Å². The molecule has 0 aromatic carbocycles. The third-order valence-corrected chi connectivity index (χ3v) is 2.63. The van der Waals surface area contributed by atoms with E-state index < -0.39 is 0 Å². The lowest BCUT2D eigenvalue weighted by atomic mass is 9.90. The summed E-state index contributed by atoms with van der Waals surface area (Å²) in [7, 11) is 0. The lowest BCUT2D eigenvalue weighted by Crippen LogP contribution is -2.20. The van der Waals surface area contributed by atoms with Crippen LogP contribution in [-0.2, 0) is 0 Å². The van der Waals surface area contributed by atoms with Gasteiger partial charge in [-0.25, -0.2) is 0 Å². The van der Waals surface area contributed by atoms with Crippen molar-refractivity contribution in [1.82, 2.24) is 10.2 Å². The van der Waals surface area contributed by atoms with Gasteiger partial charge >= 0.3 is 0 Å². The molecule has 5 heteroatoms. The molecule has 0 aliphatic heterocycles. The summed E-state index contributed by atoms with van der Waals surface area (Å²) in [6.07, 6.45) is 0.986. The monoisotopic (exact) mass is 233 g/mol. The van der Waals surface area contributed by atoms with Crippen LogP contribution in [0.25, 0.3) is 0 Å². The van der Waals surface area contributed by atoms with Gasteiger partial charge in [0.2, 0.25) is 5.13 Å². The summed E-state index contributed by atoms with van der Waals surface area (Å²) in [6.45, 7) is 7.31. The highest BCUT2D eigenvalue weighted by Gasteiger charge is 2.16. The second-order valence-corrected chi connectivity index (χ2v) is 5.94. The largest absolute Gasteiger partial charge is 0.359 e. The van der Waals surface area contributed by atoms with E-state index in [1.54, 1.807) is 5.51 Å². The van der Waals surface area contributed by atoms with Crippen LogP contribution in [0.1, 0.15) is 27.2 Å². The van der Waals surface area contributed by atoms with Gasteiger partial charge in [-0.15, -0.1) is 21.8 Å². The van der Waals surface area contributed by atoms with Crippen molar-refractivity contribution in [3.63, 3.8) is 0 Å². The van der Waals surface area contributed by atoms with Crippen molar-refractivity contribution in [1.29, 1.82) is 0 Å². The molecule has 0 saturated heterocycles. The van der Waals surface area contributed by atoms with Crippen LogP contribution in [0.2, 0.25) is 0 Å². The fourth-order valence-electron chi connectivity index (χ4n) is 1.18. The van der Waals surface area contributed by atoms with E-state index in [9.17, 15) is 0 Å². The molecule has 0 amide bonds. The van der Waals surface area contributed by atoms with Gasteiger partial charge in [0.25, 0.3) is 0 Å². The molecule has 1 rings (SSSR count).